The van der Waals surface area contributed by atoms with Gasteiger partial charge in [-0.1, -0.05) is 0 Å². The van der Waals surface area contributed by atoms with Gasteiger partial charge >= 0.3 is 0 Å². The van der Waals surface area contributed by atoms with E-state index in [-0.39, 0.29) is 17.2 Å². The van der Waals surface area contributed by atoms with Crippen LogP contribution in [-0.4, -0.2) is 20.0 Å². The lowest BCUT2D eigenvalue weighted by molar-refractivity contribution is 0.331. The van der Waals surface area contributed by atoms with E-state index in [1.54, 1.807) is 25.3 Å². The molecule has 0 aliphatic carbocycles. The number of rotatable bonds is 6. The maximum atomic E-state index is 12.4. The van der Waals surface area contributed by atoms with Crippen LogP contribution in [0, 0.1) is 6.92 Å². The number of nitrogens with zero attached hydrogens (tertiary/aromatic N) is 1. The molecule has 0 radical (unpaired) electrons. The van der Waals surface area contributed by atoms with Crippen LogP contribution in [0.5, 0.6) is 5.75 Å². The first-order chi connectivity index (χ1) is 9.92. The van der Waals surface area contributed by atoms with Crippen LogP contribution in [0.3, 0.4) is 0 Å². The van der Waals surface area contributed by atoms with Gasteiger partial charge in [-0.3, -0.25) is 0 Å². The molecule has 0 atom stereocenters. The van der Waals surface area contributed by atoms with Gasteiger partial charge in [0.25, 0.3) is 0 Å². The summed E-state index contributed by atoms with van der Waals surface area (Å²) in [5.41, 5.74) is 6.04. The highest BCUT2D eigenvalue weighted by molar-refractivity contribution is 7.89. The normalized spacial score (nSPS) is 11.5. The van der Waals surface area contributed by atoms with E-state index in [2.05, 4.69) is 9.71 Å². The van der Waals surface area contributed by atoms with Gasteiger partial charge in [-0.2, -0.15) is 0 Å². The van der Waals surface area contributed by atoms with E-state index in [1.165, 1.54) is 17.4 Å². The van der Waals surface area contributed by atoms with Crippen LogP contribution in [-0.2, 0) is 16.6 Å². The summed E-state index contributed by atoms with van der Waals surface area (Å²) in [5.74, 6) is 0.287. The molecule has 0 amide bonds. The molecule has 0 aliphatic rings. The van der Waals surface area contributed by atoms with Gasteiger partial charge in [0, 0.05) is 16.8 Å². The van der Waals surface area contributed by atoms with Gasteiger partial charge in [0.15, 0.2) is 0 Å². The average molecular weight is 327 g/mol. The molecule has 1 heterocycles. The molecule has 0 fully saturated rings. The number of thiazole rings is 1. The number of benzene rings is 1. The van der Waals surface area contributed by atoms with E-state index in [0.29, 0.717) is 17.3 Å². The SMILES string of the molecule is CCOc1ccc(N)cc1S(=O)(=O)NCc1ncc(C)s1. The topological polar surface area (TPSA) is 94.3 Å². The van der Waals surface area contributed by atoms with E-state index in [1.807, 2.05) is 6.92 Å². The Morgan fingerprint density at radius 3 is 2.81 bits per heavy atom. The number of hydrogen-bond acceptors (Lipinski definition) is 6. The Hall–Kier alpha value is -1.64. The largest absolute Gasteiger partial charge is 0.492 e. The summed E-state index contributed by atoms with van der Waals surface area (Å²) in [6.45, 7) is 4.22. The van der Waals surface area contributed by atoms with Gasteiger partial charge in [-0.25, -0.2) is 18.1 Å². The molecule has 6 nitrogen and oxygen atoms in total. The van der Waals surface area contributed by atoms with Crippen LogP contribution in [0.4, 0.5) is 5.69 Å². The summed E-state index contributed by atoms with van der Waals surface area (Å²) >= 11 is 1.45. The lowest BCUT2D eigenvalue weighted by Gasteiger charge is -2.12. The van der Waals surface area contributed by atoms with Crippen molar-refractivity contribution in [3.63, 3.8) is 0 Å². The summed E-state index contributed by atoms with van der Waals surface area (Å²) in [7, 11) is -3.71. The summed E-state index contributed by atoms with van der Waals surface area (Å²) < 4.78 is 32.6. The van der Waals surface area contributed by atoms with Crippen LogP contribution in [0.25, 0.3) is 0 Å². The van der Waals surface area contributed by atoms with Gasteiger partial charge in [-0.05, 0) is 32.0 Å². The first kappa shape index (κ1) is 15.7. The van der Waals surface area contributed by atoms with Crippen molar-refractivity contribution >= 4 is 27.0 Å². The maximum absolute atomic E-state index is 12.4. The van der Waals surface area contributed by atoms with Crippen molar-refractivity contribution in [2.75, 3.05) is 12.3 Å². The van der Waals surface area contributed by atoms with E-state index < -0.39 is 10.0 Å². The number of aromatic nitrogens is 1. The van der Waals surface area contributed by atoms with Gasteiger partial charge in [0.2, 0.25) is 10.0 Å². The first-order valence-corrected chi connectivity index (χ1v) is 8.65. The Morgan fingerprint density at radius 2 is 2.19 bits per heavy atom. The highest BCUT2D eigenvalue weighted by atomic mass is 32.2. The zero-order valence-corrected chi connectivity index (χ0v) is 13.4. The van der Waals surface area contributed by atoms with E-state index in [4.69, 9.17) is 10.5 Å². The standard InChI is InChI=1S/C13H17N3O3S2/c1-3-19-11-5-4-10(14)6-12(11)21(17,18)16-8-13-15-7-9(2)20-13/h4-7,16H,3,8,14H2,1-2H3. The predicted molar refractivity (Wildman–Crippen MR) is 82.9 cm³/mol. The fraction of sp³-hybridized carbons (Fsp3) is 0.308. The molecule has 0 saturated carbocycles. The summed E-state index contributed by atoms with van der Waals surface area (Å²) in [5, 5.41) is 0.706. The molecule has 114 valence electrons. The zero-order chi connectivity index (χ0) is 15.5. The number of nitrogen functional groups attached to an aromatic ring is 1. The molecular weight excluding hydrogens is 310 g/mol. The molecule has 0 bridgehead atoms. The Labute approximate surface area is 128 Å². The Bertz CT molecular complexity index is 726. The number of aryl methyl sites for hydroxylation is 1. The van der Waals surface area contributed by atoms with Crippen molar-refractivity contribution in [2.24, 2.45) is 0 Å². The minimum absolute atomic E-state index is 0.0395. The molecule has 2 aromatic rings. The summed E-state index contributed by atoms with van der Waals surface area (Å²) in [6.07, 6.45) is 1.71. The predicted octanol–water partition coefficient (Wildman–Crippen LogP) is 1.91. The minimum atomic E-state index is -3.71. The second kappa shape index (κ2) is 6.42. The van der Waals surface area contributed by atoms with Gasteiger partial charge in [0.1, 0.15) is 15.7 Å². The van der Waals surface area contributed by atoms with Crippen molar-refractivity contribution in [1.29, 1.82) is 0 Å². The lowest BCUT2D eigenvalue weighted by atomic mass is 10.3. The Balaban J connectivity index is 2.24. The Morgan fingerprint density at radius 1 is 1.43 bits per heavy atom. The first-order valence-electron chi connectivity index (χ1n) is 6.35. The third-order valence-corrected chi connectivity index (χ3v) is 4.97. The quantitative estimate of drug-likeness (QED) is 0.790. The highest BCUT2D eigenvalue weighted by Gasteiger charge is 2.20. The van der Waals surface area contributed by atoms with Crippen molar-refractivity contribution < 1.29 is 13.2 Å². The number of sulfonamides is 1. The molecule has 0 spiro atoms. The van der Waals surface area contributed by atoms with Crippen LogP contribution in [0.1, 0.15) is 16.8 Å². The number of nitrogens with two attached hydrogens (primary N) is 1. The number of ether oxygens (including phenoxy) is 1. The average Bonchev–Trinajstić information content (AvgIpc) is 2.85. The fourth-order valence-corrected chi connectivity index (χ4v) is 3.71. The van der Waals surface area contributed by atoms with E-state index in [9.17, 15) is 8.42 Å². The molecular formula is C13H17N3O3S2. The second-order valence-electron chi connectivity index (χ2n) is 4.33. The summed E-state index contributed by atoms with van der Waals surface area (Å²) in [4.78, 5) is 5.19. The second-order valence-corrected chi connectivity index (χ2v) is 7.38. The Kier molecular flexibility index (Phi) is 4.81. The molecule has 21 heavy (non-hydrogen) atoms. The molecule has 1 aromatic carbocycles. The minimum Gasteiger partial charge on any atom is -0.492 e. The van der Waals surface area contributed by atoms with Gasteiger partial charge < -0.3 is 10.5 Å². The molecule has 0 aliphatic heterocycles. The third kappa shape index (κ3) is 3.93. The molecule has 3 N–H and O–H groups in total. The molecule has 1 aromatic heterocycles. The highest BCUT2D eigenvalue weighted by Crippen LogP contribution is 2.26. The van der Waals surface area contributed by atoms with Crippen molar-refractivity contribution in [3.8, 4) is 5.75 Å². The number of anilines is 1. The van der Waals surface area contributed by atoms with E-state index in [0.717, 1.165) is 4.88 Å². The monoisotopic (exact) mass is 327 g/mol. The van der Waals surface area contributed by atoms with Crippen LogP contribution in [0.2, 0.25) is 0 Å². The van der Waals surface area contributed by atoms with Gasteiger partial charge in [-0.15, -0.1) is 11.3 Å². The third-order valence-electron chi connectivity index (χ3n) is 2.64. The lowest BCUT2D eigenvalue weighted by Crippen LogP contribution is -2.24. The van der Waals surface area contributed by atoms with Crippen molar-refractivity contribution in [2.45, 2.75) is 25.3 Å². The van der Waals surface area contributed by atoms with Crippen molar-refractivity contribution in [3.05, 3.63) is 34.3 Å². The number of hydrogen-bond donors (Lipinski definition) is 2. The van der Waals surface area contributed by atoms with Gasteiger partial charge in [0.05, 0.1) is 13.2 Å². The number of nitrogens with one attached hydrogen (secondary N) is 1. The maximum Gasteiger partial charge on any atom is 0.244 e. The molecule has 2 rings (SSSR count). The van der Waals surface area contributed by atoms with Crippen LogP contribution < -0.4 is 15.2 Å². The summed E-state index contributed by atoms with van der Waals surface area (Å²) in [6, 6.07) is 4.55. The smallest absolute Gasteiger partial charge is 0.244 e. The molecule has 8 heteroatoms. The molecule has 0 saturated heterocycles. The van der Waals surface area contributed by atoms with Crippen molar-refractivity contribution in [1.82, 2.24) is 9.71 Å². The van der Waals surface area contributed by atoms with Crippen LogP contribution in [0.15, 0.2) is 29.3 Å². The van der Waals surface area contributed by atoms with E-state index >= 15 is 0 Å². The molecule has 0 unspecified atom stereocenters. The van der Waals surface area contributed by atoms with Crippen LogP contribution >= 0.6 is 11.3 Å². The zero-order valence-electron chi connectivity index (χ0n) is 11.8. The fourth-order valence-electron chi connectivity index (χ4n) is 1.73.